The maximum atomic E-state index is 14.6. The molecule has 18 heteroatoms. The van der Waals surface area contributed by atoms with Gasteiger partial charge in [-0.1, -0.05) is 4.85 Å². The molecule has 14 nitrogen and oxygen atoms in total. The highest BCUT2D eigenvalue weighted by Gasteiger charge is 2.31. The number of ether oxygens (including phenoxy) is 2. The monoisotopic (exact) mass is 867 g/mol. The van der Waals surface area contributed by atoms with Crippen molar-refractivity contribution in [3.05, 3.63) is 135 Å². The molecular formula is C46H39F4N12O2+. The van der Waals surface area contributed by atoms with E-state index in [4.69, 9.17) is 9.47 Å². The van der Waals surface area contributed by atoms with E-state index in [1.807, 2.05) is 57.4 Å². The van der Waals surface area contributed by atoms with E-state index in [2.05, 4.69) is 41.3 Å². The Labute approximate surface area is 363 Å². The van der Waals surface area contributed by atoms with Gasteiger partial charge in [0.15, 0.2) is 0 Å². The Morgan fingerprint density at radius 1 is 0.703 bits per heavy atom. The number of hydrogen-bond acceptors (Lipinski definition) is 9. The molecule has 64 heavy (non-hydrogen) atoms. The number of nitriles is 1. The SMILES string of the molecule is Cc1cc2cnn(-c3cnn(C)c3)c2cc1O[C@H]1CCCc2cc(C#[N+]Cn3cc(-n4ncc5cc(C)c(O[C@@H]6CCCc7cc(C#N)c(C(F)F)nc76)cc54)cn3)c(C(F)F)nc21. The zero-order chi connectivity index (χ0) is 44.2. The highest BCUT2D eigenvalue weighted by Crippen LogP contribution is 2.39. The standard InChI is InChI=1S/C46H39F4N12O2/c1-25-10-30-18-55-61(33-20-53-59(3)22-33)35(30)14-39(25)64-38-9-5-7-28-13-32(44(46(49)50)58-42(28)38)17-52-24-60-23-34(21-54-60)62-36-15-40(26(2)11-31(36)19-56-62)63-37-8-4-6-27-12-29(16-51)43(45(47)48)57-41(27)37/h10-15,18-23,37-38,45-46H,4-9,24H2,1-3H3/q+1/t37-,38+/m1/s1. The van der Waals surface area contributed by atoms with Crippen LogP contribution < -0.4 is 9.47 Å². The van der Waals surface area contributed by atoms with Crippen molar-refractivity contribution >= 4 is 21.8 Å². The fourth-order valence-corrected chi connectivity index (χ4v) is 8.66. The summed E-state index contributed by atoms with van der Waals surface area (Å²) in [4.78, 5) is 13.1. The second-order valence-electron chi connectivity index (χ2n) is 16.1. The van der Waals surface area contributed by atoms with Crippen LogP contribution in [0.25, 0.3) is 38.0 Å². The van der Waals surface area contributed by atoms with Crippen LogP contribution in [0.4, 0.5) is 17.6 Å². The predicted octanol–water partition coefficient (Wildman–Crippen LogP) is 9.70. The summed E-state index contributed by atoms with van der Waals surface area (Å²) in [6, 6.07) is 15.5. The zero-order valence-electron chi connectivity index (χ0n) is 34.9. The number of pyridine rings is 2. The van der Waals surface area contributed by atoms with Crippen molar-refractivity contribution in [1.82, 2.24) is 49.1 Å². The lowest BCUT2D eigenvalue weighted by Crippen LogP contribution is -2.19. The largest absolute Gasteiger partial charge is 0.484 e. The van der Waals surface area contributed by atoms with E-state index in [1.54, 1.807) is 55.8 Å². The maximum absolute atomic E-state index is 14.6. The molecule has 2 aliphatic rings. The van der Waals surface area contributed by atoms with Crippen LogP contribution >= 0.6 is 0 Å². The van der Waals surface area contributed by atoms with Crippen LogP contribution in [0, 0.1) is 31.2 Å². The lowest BCUT2D eigenvalue weighted by Gasteiger charge is -2.27. The van der Waals surface area contributed by atoms with E-state index in [-0.39, 0.29) is 17.8 Å². The van der Waals surface area contributed by atoms with Gasteiger partial charge in [0, 0.05) is 30.0 Å². The number of fused-ring (bicyclic) bond motifs is 4. The molecule has 0 radical (unpaired) electrons. The number of halogens is 4. The molecule has 0 saturated carbocycles. The Kier molecular flexibility index (Phi) is 10.3. The molecule has 2 aliphatic carbocycles. The lowest BCUT2D eigenvalue weighted by molar-refractivity contribution is 0.140. The van der Waals surface area contributed by atoms with Gasteiger partial charge in [0.25, 0.3) is 12.9 Å². The molecular weight excluding hydrogens is 829 g/mol. The average Bonchev–Trinajstić information content (AvgIpc) is 4.10. The molecule has 0 bridgehead atoms. The van der Waals surface area contributed by atoms with E-state index in [1.165, 1.54) is 6.07 Å². The van der Waals surface area contributed by atoms with Crippen molar-refractivity contribution < 1.29 is 27.0 Å². The summed E-state index contributed by atoms with van der Waals surface area (Å²) in [6.45, 7) is 3.82. The molecule has 0 N–H and O–H groups in total. The number of benzene rings is 2. The number of alkyl halides is 4. The van der Waals surface area contributed by atoms with Gasteiger partial charge in [-0.2, -0.15) is 30.3 Å². The quantitative estimate of drug-likeness (QED) is 0.130. The Morgan fingerprint density at radius 2 is 1.23 bits per heavy atom. The van der Waals surface area contributed by atoms with Crippen molar-refractivity contribution in [2.24, 2.45) is 7.05 Å². The molecule has 0 spiro atoms. The Bertz CT molecular complexity index is 3220. The first-order valence-electron chi connectivity index (χ1n) is 20.8. The number of hydrogen-bond donors (Lipinski definition) is 0. The van der Waals surface area contributed by atoms with Gasteiger partial charge in [0.05, 0.1) is 65.2 Å². The third-order valence-electron chi connectivity index (χ3n) is 11.8. The molecule has 0 fully saturated rings. The first-order valence-corrected chi connectivity index (χ1v) is 20.8. The fourth-order valence-electron chi connectivity index (χ4n) is 8.66. The van der Waals surface area contributed by atoms with Crippen LogP contribution in [0.2, 0.25) is 0 Å². The van der Waals surface area contributed by atoms with Crippen molar-refractivity contribution in [2.45, 2.75) is 84.1 Å². The maximum Gasteiger partial charge on any atom is 0.357 e. The molecule has 0 amide bonds. The van der Waals surface area contributed by atoms with Gasteiger partial charge in [0.1, 0.15) is 58.1 Å². The second kappa shape index (κ2) is 16.3. The molecule has 6 aromatic heterocycles. The molecule has 322 valence electrons. The predicted molar refractivity (Wildman–Crippen MR) is 226 cm³/mol. The number of rotatable bonds is 9. The summed E-state index contributed by atoms with van der Waals surface area (Å²) in [5.74, 6) is 1.16. The van der Waals surface area contributed by atoms with E-state index >= 15 is 0 Å². The van der Waals surface area contributed by atoms with Gasteiger partial charge in [0.2, 0.25) is 0 Å². The number of aromatic nitrogens is 10. The molecule has 10 rings (SSSR count). The molecule has 8 aromatic rings. The molecule has 2 aromatic carbocycles. The van der Waals surface area contributed by atoms with Gasteiger partial charge in [-0.15, -0.1) is 0 Å². The van der Waals surface area contributed by atoms with Gasteiger partial charge in [-0.3, -0.25) is 4.68 Å². The Balaban J connectivity index is 0.876. The van der Waals surface area contributed by atoms with Crippen LogP contribution in [-0.2, 0) is 26.6 Å². The fraction of sp³-hybridized carbons (Fsp3) is 0.304. The lowest BCUT2D eigenvalue weighted by atomic mass is 9.91. The van der Waals surface area contributed by atoms with Crippen LogP contribution in [-0.4, -0.2) is 49.1 Å². The number of nitrogens with zero attached hydrogens (tertiary/aromatic N) is 12. The van der Waals surface area contributed by atoms with Crippen LogP contribution in [0.1, 0.15) is 107 Å². The van der Waals surface area contributed by atoms with E-state index in [0.29, 0.717) is 59.8 Å². The summed E-state index contributed by atoms with van der Waals surface area (Å²) >= 11 is 0. The molecule has 0 saturated heterocycles. The summed E-state index contributed by atoms with van der Waals surface area (Å²) in [5, 5.41) is 29.0. The summed E-state index contributed by atoms with van der Waals surface area (Å²) in [6.07, 6.45) is 7.52. The third kappa shape index (κ3) is 7.44. The van der Waals surface area contributed by atoms with E-state index in [0.717, 1.165) is 57.1 Å². The molecule has 6 heterocycles. The minimum Gasteiger partial charge on any atom is -0.484 e. The minimum atomic E-state index is -2.89. The highest BCUT2D eigenvalue weighted by molar-refractivity contribution is 5.84. The summed E-state index contributed by atoms with van der Waals surface area (Å²) in [7, 11) is 1.84. The van der Waals surface area contributed by atoms with Gasteiger partial charge in [-0.25, -0.2) is 36.9 Å². The average molecular weight is 868 g/mol. The van der Waals surface area contributed by atoms with Gasteiger partial charge >= 0.3 is 12.7 Å². The minimum absolute atomic E-state index is 0.0161. The zero-order valence-corrected chi connectivity index (χ0v) is 34.9. The molecule has 2 atom stereocenters. The topological polar surface area (TPSA) is 144 Å². The van der Waals surface area contributed by atoms with Crippen molar-refractivity contribution in [3.8, 4) is 35.0 Å². The first-order chi connectivity index (χ1) is 31.0. The highest BCUT2D eigenvalue weighted by atomic mass is 19.3. The third-order valence-corrected chi connectivity index (χ3v) is 11.8. The van der Waals surface area contributed by atoms with Gasteiger partial charge in [-0.05, 0) is 98.9 Å². The Morgan fingerprint density at radius 3 is 1.77 bits per heavy atom. The van der Waals surface area contributed by atoms with Crippen molar-refractivity contribution in [1.29, 1.82) is 5.26 Å². The smallest absolute Gasteiger partial charge is 0.357 e. The van der Waals surface area contributed by atoms with E-state index < -0.39 is 36.4 Å². The number of aryl methyl sites for hydroxylation is 5. The summed E-state index contributed by atoms with van der Waals surface area (Å²) in [5.41, 5.74) is 6.12. The molecule has 0 aliphatic heterocycles. The van der Waals surface area contributed by atoms with E-state index in [9.17, 15) is 22.8 Å². The second-order valence-corrected chi connectivity index (χ2v) is 16.1. The Hall–Kier alpha value is -7.60. The molecule has 0 unspecified atom stereocenters. The van der Waals surface area contributed by atoms with Crippen LogP contribution in [0.3, 0.4) is 0 Å². The normalized spacial score (nSPS) is 15.9. The first kappa shape index (κ1) is 40.5. The van der Waals surface area contributed by atoms with Gasteiger partial charge < -0.3 is 9.47 Å². The van der Waals surface area contributed by atoms with Crippen molar-refractivity contribution in [3.63, 3.8) is 0 Å². The van der Waals surface area contributed by atoms with Crippen LogP contribution in [0.15, 0.2) is 73.6 Å². The van der Waals surface area contributed by atoms with Crippen molar-refractivity contribution in [2.75, 3.05) is 0 Å². The van der Waals surface area contributed by atoms with Crippen LogP contribution in [0.5, 0.6) is 11.5 Å². The summed E-state index contributed by atoms with van der Waals surface area (Å²) < 4.78 is 76.7.